The van der Waals surface area contributed by atoms with Gasteiger partial charge >= 0.3 is 5.97 Å². The van der Waals surface area contributed by atoms with Crippen molar-refractivity contribution in [3.63, 3.8) is 0 Å². The van der Waals surface area contributed by atoms with Crippen LogP contribution in [0.25, 0.3) is 5.69 Å². The molecule has 0 aliphatic heterocycles. The predicted octanol–water partition coefficient (Wildman–Crippen LogP) is 0.0831. The summed E-state index contributed by atoms with van der Waals surface area (Å²) < 4.78 is 5.91. The zero-order valence-corrected chi connectivity index (χ0v) is 10.2. The normalized spacial score (nSPS) is 10.1. The Labute approximate surface area is 108 Å². The molecule has 0 aromatic carbocycles. The Morgan fingerprint density at radius 3 is 2.78 bits per heavy atom. The largest absolute Gasteiger partial charge is 0.463 e. The van der Waals surface area contributed by atoms with Crippen LogP contribution in [0.15, 0.2) is 24.7 Å². The summed E-state index contributed by atoms with van der Waals surface area (Å²) in [5.74, 6) is -0.614. The van der Waals surface area contributed by atoms with E-state index in [-0.39, 0.29) is 10.8 Å². The minimum atomic E-state index is -0.596. The van der Waals surface area contributed by atoms with Gasteiger partial charge in [-0.15, -0.1) is 5.10 Å². The first-order valence-corrected chi connectivity index (χ1v) is 5.29. The molecule has 8 heteroatoms. The molecule has 0 amide bonds. The second kappa shape index (κ2) is 4.88. The summed E-state index contributed by atoms with van der Waals surface area (Å²) in [7, 11) is 1.27. The van der Waals surface area contributed by atoms with Crippen LogP contribution in [0.4, 0.5) is 0 Å². The number of hydrogen-bond donors (Lipinski definition) is 1. The number of hydrogen-bond acceptors (Lipinski definition) is 6. The van der Waals surface area contributed by atoms with Crippen molar-refractivity contribution >= 4 is 23.2 Å². The highest BCUT2D eigenvalue weighted by atomic mass is 32.1. The Kier molecular flexibility index (Phi) is 3.28. The van der Waals surface area contributed by atoms with Gasteiger partial charge in [-0.3, -0.25) is 4.98 Å². The van der Waals surface area contributed by atoms with Crippen molar-refractivity contribution in [1.82, 2.24) is 19.7 Å². The zero-order chi connectivity index (χ0) is 13.1. The molecule has 2 heterocycles. The van der Waals surface area contributed by atoms with Gasteiger partial charge in [0.2, 0.25) is 0 Å². The topological polar surface area (TPSA) is 95.9 Å². The fourth-order valence-corrected chi connectivity index (χ4v) is 1.36. The van der Waals surface area contributed by atoms with Crippen molar-refractivity contribution in [3.05, 3.63) is 36.2 Å². The molecule has 2 aromatic heterocycles. The van der Waals surface area contributed by atoms with Crippen molar-refractivity contribution in [1.29, 1.82) is 0 Å². The summed E-state index contributed by atoms with van der Waals surface area (Å²) in [6.07, 6.45) is 2.92. The molecule has 0 atom stereocenters. The molecule has 2 N–H and O–H groups in total. The number of carbonyl (C=O) groups is 1. The average Bonchev–Trinajstić information content (AvgIpc) is 2.87. The van der Waals surface area contributed by atoms with E-state index in [0.29, 0.717) is 11.4 Å². The minimum Gasteiger partial charge on any atom is -0.463 e. The Morgan fingerprint density at radius 2 is 2.22 bits per heavy atom. The molecule has 0 fully saturated rings. The fourth-order valence-electron chi connectivity index (χ4n) is 1.24. The molecule has 0 unspecified atom stereocenters. The first-order chi connectivity index (χ1) is 8.61. The van der Waals surface area contributed by atoms with Crippen LogP contribution < -0.4 is 5.73 Å². The highest BCUT2D eigenvalue weighted by Gasteiger charge is 2.12. The monoisotopic (exact) mass is 263 g/mol. The minimum absolute atomic E-state index is 0.0177. The summed E-state index contributed by atoms with van der Waals surface area (Å²) in [5, 5.41) is 3.95. The smallest absolute Gasteiger partial charge is 0.377 e. The maximum absolute atomic E-state index is 11.2. The van der Waals surface area contributed by atoms with Gasteiger partial charge in [0.1, 0.15) is 11.3 Å². The van der Waals surface area contributed by atoms with Gasteiger partial charge in [-0.05, 0) is 12.1 Å². The van der Waals surface area contributed by atoms with E-state index in [2.05, 4.69) is 19.8 Å². The van der Waals surface area contributed by atoms with Crippen LogP contribution in [-0.2, 0) is 4.74 Å². The third-order valence-corrected chi connectivity index (χ3v) is 2.33. The van der Waals surface area contributed by atoms with E-state index in [1.54, 1.807) is 12.1 Å². The molecule has 2 rings (SSSR count). The van der Waals surface area contributed by atoms with E-state index in [9.17, 15) is 4.79 Å². The maximum Gasteiger partial charge on any atom is 0.377 e. The zero-order valence-electron chi connectivity index (χ0n) is 9.40. The number of esters is 1. The van der Waals surface area contributed by atoms with Crippen LogP contribution in [0.3, 0.4) is 0 Å². The SMILES string of the molecule is COC(=O)c1ncn(-c2ccc(C(N)=S)nc2)n1. The molecule has 7 nitrogen and oxygen atoms in total. The lowest BCUT2D eigenvalue weighted by atomic mass is 10.3. The summed E-state index contributed by atoms with van der Waals surface area (Å²) in [6, 6.07) is 3.38. The summed E-state index contributed by atoms with van der Waals surface area (Å²) >= 11 is 4.80. The fraction of sp³-hybridized carbons (Fsp3) is 0.100. The van der Waals surface area contributed by atoms with E-state index >= 15 is 0 Å². The lowest BCUT2D eigenvalue weighted by Gasteiger charge is -2.01. The van der Waals surface area contributed by atoms with E-state index in [1.165, 1.54) is 24.3 Å². The van der Waals surface area contributed by atoms with E-state index < -0.39 is 5.97 Å². The lowest BCUT2D eigenvalue weighted by Crippen LogP contribution is -2.11. The molecule has 0 spiro atoms. The quantitative estimate of drug-likeness (QED) is 0.619. The Morgan fingerprint density at radius 1 is 1.44 bits per heavy atom. The predicted molar refractivity (Wildman–Crippen MR) is 66.4 cm³/mol. The van der Waals surface area contributed by atoms with E-state index in [1.807, 2.05) is 0 Å². The van der Waals surface area contributed by atoms with Gasteiger partial charge in [0.05, 0.1) is 24.7 Å². The van der Waals surface area contributed by atoms with Gasteiger partial charge in [0.15, 0.2) is 0 Å². The molecule has 0 radical (unpaired) electrons. The van der Waals surface area contributed by atoms with Crippen molar-refractivity contribution in [2.24, 2.45) is 5.73 Å². The highest BCUT2D eigenvalue weighted by Crippen LogP contribution is 2.06. The van der Waals surface area contributed by atoms with Crippen LogP contribution in [0, 0.1) is 0 Å². The number of pyridine rings is 1. The van der Waals surface area contributed by atoms with Gasteiger partial charge in [-0.25, -0.2) is 14.5 Å². The van der Waals surface area contributed by atoms with Crippen LogP contribution in [0.2, 0.25) is 0 Å². The van der Waals surface area contributed by atoms with Gasteiger partial charge in [0.25, 0.3) is 5.82 Å². The summed E-state index contributed by atoms with van der Waals surface area (Å²) in [4.78, 5) is 19.3. The third kappa shape index (κ3) is 2.33. The van der Waals surface area contributed by atoms with E-state index in [4.69, 9.17) is 18.0 Å². The molecule has 92 valence electrons. The molecule has 18 heavy (non-hydrogen) atoms. The van der Waals surface area contributed by atoms with Crippen molar-refractivity contribution in [2.45, 2.75) is 0 Å². The highest BCUT2D eigenvalue weighted by molar-refractivity contribution is 7.80. The second-order valence-corrected chi connectivity index (χ2v) is 3.71. The average molecular weight is 263 g/mol. The van der Waals surface area contributed by atoms with Crippen LogP contribution in [-0.4, -0.2) is 37.8 Å². The Bertz CT molecular complexity index is 593. The van der Waals surface area contributed by atoms with Gasteiger partial charge < -0.3 is 10.5 Å². The van der Waals surface area contributed by atoms with E-state index in [0.717, 1.165) is 0 Å². The number of rotatable bonds is 3. The van der Waals surface area contributed by atoms with Crippen molar-refractivity contribution in [3.8, 4) is 5.69 Å². The number of methoxy groups -OCH3 is 1. The third-order valence-electron chi connectivity index (χ3n) is 2.12. The number of ether oxygens (including phenoxy) is 1. The van der Waals surface area contributed by atoms with Crippen LogP contribution in [0.5, 0.6) is 0 Å². The molecule has 2 aromatic rings. The maximum atomic E-state index is 11.2. The van der Waals surface area contributed by atoms with Gasteiger partial charge in [-0.2, -0.15) is 0 Å². The van der Waals surface area contributed by atoms with Gasteiger partial charge in [0, 0.05) is 0 Å². The number of aromatic nitrogens is 4. The van der Waals surface area contributed by atoms with Crippen molar-refractivity contribution in [2.75, 3.05) is 7.11 Å². The standard InChI is InChI=1S/C10H9N5O2S/c1-17-10(16)9-13-5-15(14-9)6-2-3-7(8(11)18)12-4-6/h2-5H,1H3,(H2,11,18). The van der Waals surface area contributed by atoms with Crippen LogP contribution in [0.1, 0.15) is 16.3 Å². The number of thiocarbonyl (C=S) groups is 1. The molecule has 0 saturated carbocycles. The molecule has 0 aliphatic carbocycles. The molecular formula is C10H9N5O2S. The Hall–Kier alpha value is -2.35. The number of carbonyl (C=O) groups excluding carboxylic acids is 1. The van der Waals surface area contributed by atoms with Crippen LogP contribution >= 0.6 is 12.2 Å². The summed E-state index contributed by atoms with van der Waals surface area (Å²) in [6.45, 7) is 0. The molecule has 0 bridgehead atoms. The summed E-state index contributed by atoms with van der Waals surface area (Å²) in [5.41, 5.74) is 6.59. The second-order valence-electron chi connectivity index (χ2n) is 3.27. The molecule has 0 aliphatic rings. The first-order valence-electron chi connectivity index (χ1n) is 4.88. The molecule has 0 saturated heterocycles. The molecular weight excluding hydrogens is 254 g/mol. The Balaban J connectivity index is 2.29. The first kappa shape index (κ1) is 12.1. The van der Waals surface area contributed by atoms with Gasteiger partial charge in [-0.1, -0.05) is 12.2 Å². The van der Waals surface area contributed by atoms with Crippen molar-refractivity contribution < 1.29 is 9.53 Å². The number of nitrogens with zero attached hydrogens (tertiary/aromatic N) is 4. The lowest BCUT2D eigenvalue weighted by molar-refractivity contribution is 0.0587. The number of nitrogens with two attached hydrogens (primary N) is 1.